The van der Waals surface area contributed by atoms with E-state index in [4.69, 9.17) is 4.74 Å². The smallest absolute Gasteiger partial charge is 0.255 e. The quantitative estimate of drug-likeness (QED) is 0.899. The van der Waals surface area contributed by atoms with Crippen LogP contribution in [0.1, 0.15) is 53.3 Å². The Hall–Kier alpha value is -2.35. The Morgan fingerprint density at radius 2 is 1.96 bits per heavy atom. The number of rotatable bonds is 4. The highest BCUT2D eigenvalue weighted by molar-refractivity contribution is 5.95. The van der Waals surface area contributed by atoms with Crippen LogP contribution in [0.15, 0.2) is 18.6 Å². The largest absolute Gasteiger partial charge is 0.381 e. The highest BCUT2D eigenvalue weighted by atomic mass is 19.1. The minimum Gasteiger partial charge on any atom is -0.381 e. The second-order valence-electron chi connectivity index (χ2n) is 5.80. The molecular weight excluding hydrogens is 318 g/mol. The van der Waals surface area contributed by atoms with E-state index >= 15 is 0 Å². The third kappa shape index (κ3) is 3.28. The number of amides is 1. The van der Waals surface area contributed by atoms with E-state index in [1.165, 1.54) is 13.1 Å². The maximum Gasteiger partial charge on any atom is 0.255 e. The Morgan fingerprint density at radius 3 is 2.62 bits per heavy atom. The summed E-state index contributed by atoms with van der Waals surface area (Å²) in [7, 11) is 0. The summed E-state index contributed by atoms with van der Waals surface area (Å²) < 4.78 is 32.9. The highest BCUT2D eigenvalue weighted by Crippen LogP contribution is 2.28. The van der Waals surface area contributed by atoms with E-state index in [9.17, 15) is 13.6 Å². The van der Waals surface area contributed by atoms with E-state index in [1.54, 1.807) is 0 Å². The predicted molar refractivity (Wildman–Crippen MR) is 81.4 cm³/mol. The van der Waals surface area contributed by atoms with Crippen molar-refractivity contribution in [2.45, 2.75) is 31.7 Å². The molecule has 0 radical (unpaired) electrons. The van der Waals surface area contributed by atoms with Gasteiger partial charge in [0, 0.05) is 24.7 Å². The molecule has 1 aliphatic rings. The molecule has 24 heavy (non-hydrogen) atoms. The van der Waals surface area contributed by atoms with Gasteiger partial charge >= 0.3 is 0 Å². The lowest BCUT2D eigenvalue weighted by molar-refractivity contribution is 0.0832. The number of nitrogens with zero attached hydrogens (tertiary/aromatic N) is 2. The molecule has 0 aliphatic carbocycles. The van der Waals surface area contributed by atoms with Crippen molar-refractivity contribution in [1.82, 2.24) is 20.5 Å². The molecule has 0 spiro atoms. The average molecular weight is 336 g/mol. The SMILES string of the molecule is CC(NC(=O)c1cn[nH]c1C1CCOCC1)c1c(F)cncc1F. The summed E-state index contributed by atoms with van der Waals surface area (Å²) >= 11 is 0. The normalized spacial score (nSPS) is 16.8. The summed E-state index contributed by atoms with van der Waals surface area (Å²) in [4.78, 5) is 16.0. The summed E-state index contributed by atoms with van der Waals surface area (Å²) in [5, 5.41) is 9.44. The minimum absolute atomic E-state index is 0.159. The molecule has 1 fully saturated rings. The molecule has 6 nitrogen and oxygen atoms in total. The van der Waals surface area contributed by atoms with Crippen LogP contribution in [-0.2, 0) is 4.74 Å². The Kier molecular flexibility index (Phi) is 4.84. The Morgan fingerprint density at radius 1 is 1.29 bits per heavy atom. The fourth-order valence-electron chi connectivity index (χ4n) is 2.96. The zero-order valence-corrected chi connectivity index (χ0v) is 13.2. The van der Waals surface area contributed by atoms with Crippen LogP contribution < -0.4 is 5.32 Å². The number of halogens is 2. The number of nitrogens with one attached hydrogen (secondary N) is 2. The van der Waals surface area contributed by atoms with E-state index in [0.29, 0.717) is 18.8 Å². The van der Waals surface area contributed by atoms with E-state index in [0.717, 1.165) is 30.9 Å². The van der Waals surface area contributed by atoms with Crippen LogP contribution in [0.3, 0.4) is 0 Å². The second-order valence-corrected chi connectivity index (χ2v) is 5.80. The van der Waals surface area contributed by atoms with E-state index in [2.05, 4.69) is 20.5 Å². The Balaban J connectivity index is 1.77. The van der Waals surface area contributed by atoms with Gasteiger partial charge in [-0.05, 0) is 19.8 Å². The standard InChI is InChI=1S/C16H18F2N4O2/c1-9(14-12(17)7-19-8-13(14)18)21-16(23)11-6-20-22-15(11)10-2-4-24-5-3-10/h6-10H,2-5H2,1H3,(H,20,22)(H,21,23). The molecule has 0 aromatic carbocycles. The summed E-state index contributed by atoms with van der Waals surface area (Å²) in [6, 6.07) is -0.835. The Labute approximate surface area is 137 Å². The molecule has 8 heteroatoms. The molecule has 1 unspecified atom stereocenters. The van der Waals surface area contributed by atoms with Crippen molar-refractivity contribution in [2.24, 2.45) is 0 Å². The van der Waals surface area contributed by atoms with Crippen molar-refractivity contribution >= 4 is 5.91 Å². The van der Waals surface area contributed by atoms with Gasteiger partial charge in [-0.25, -0.2) is 8.78 Å². The monoisotopic (exact) mass is 336 g/mol. The van der Waals surface area contributed by atoms with Gasteiger partial charge in [0.2, 0.25) is 0 Å². The first kappa shape index (κ1) is 16.5. The van der Waals surface area contributed by atoms with Crippen LogP contribution >= 0.6 is 0 Å². The molecule has 1 amide bonds. The van der Waals surface area contributed by atoms with Crippen LogP contribution in [0.4, 0.5) is 8.78 Å². The fraction of sp³-hybridized carbons (Fsp3) is 0.438. The van der Waals surface area contributed by atoms with Gasteiger partial charge < -0.3 is 10.1 Å². The second kappa shape index (κ2) is 7.04. The van der Waals surface area contributed by atoms with Crippen LogP contribution in [0.25, 0.3) is 0 Å². The maximum absolute atomic E-state index is 13.8. The third-order valence-corrected chi connectivity index (χ3v) is 4.21. The number of ether oxygens (including phenoxy) is 1. The van der Waals surface area contributed by atoms with Crippen LogP contribution in [0.5, 0.6) is 0 Å². The number of aromatic nitrogens is 3. The zero-order valence-electron chi connectivity index (χ0n) is 13.2. The molecular formula is C16H18F2N4O2. The molecule has 3 rings (SSSR count). The van der Waals surface area contributed by atoms with Crippen LogP contribution in [0.2, 0.25) is 0 Å². The first-order valence-corrected chi connectivity index (χ1v) is 7.78. The van der Waals surface area contributed by atoms with Gasteiger partial charge in [-0.1, -0.05) is 0 Å². The molecule has 0 bridgehead atoms. The molecule has 128 valence electrons. The molecule has 2 N–H and O–H groups in total. The molecule has 2 aromatic heterocycles. The maximum atomic E-state index is 13.8. The van der Waals surface area contributed by atoms with Gasteiger partial charge in [0.25, 0.3) is 5.91 Å². The Bertz CT molecular complexity index is 708. The van der Waals surface area contributed by atoms with Crippen molar-refractivity contribution in [1.29, 1.82) is 0 Å². The van der Waals surface area contributed by atoms with Crippen LogP contribution in [0, 0.1) is 11.6 Å². The number of hydrogen-bond donors (Lipinski definition) is 2. The summed E-state index contributed by atoms with van der Waals surface area (Å²) in [6.45, 7) is 2.79. The van der Waals surface area contributed by atoms with Gasteiger partial charge in [0.15, 0.2) is 0 Å². The first-order chi connectivity index (χ1) is 11.6. The van der Waals surface area contributed by atoms with Gasteiger partial charge in [0.1, 0.15) is 11.6 Å². The van der Waals surface area contributed by atoms with Gasteiger partial charge in [-0.15, -0.1) is 0 Å². The van der Waals surface area contributed by atoms with Gasteiger partial charge in [-0.2, -0.15) is 5.10 Å². The van der Waals surface area contributed by atoms with Crippen molar-refractivity contribution < 1.29 is 18.3 Å². The third-order valence-electron chi connectivity index (χ3n) is 4.21. The lowest BCUT2D eigenvalue weighted by Crippen LogP contribution is -2.29. The van der Waals surface area contributed by atoms with Crippen molar-refractivity contribution in [3.8, 4) is 0 Å². The summed E-state index contributed by atoms with van der Waals surface area (Å²) in [6.07, 6.45) is 4.88. The van der Waals surface area contributed by atoms with Crippen molar-refractivity contribution in [2.75, 3.05) is 13.2 Å². The number of carbonyl (C=O) groups is 1. The van der Waals surface area contributed by atoms with Crippen molar-refractivity contribution in [3.05, 3.63) is 47.0 Å². The zero-order chi connectivity index (χ0) is 17.1. The van der Waals surface area contributed by atoms with E-state index in [1.807, 2.05) is 0 Å². The van der Waals surface area contributed by atoms with E-state index < -0.39 is 23.6 Å². The highest BCUT2D eigenvalue weighted by Gasteiger charge is 2.25. The molecule has 1 atom stereocenters. The lowest BCUT2D eigenvalue weighted by Gasteiger charge is -2.22. The summed E-state index contributed by atoms with van der Waals surface area (Å²) in [5.41, 5.74) is 0.914. The molecule has 2 aromatic rings. The number of carbonyl (C=O) groups excluding carboxylic acids is 1. The average Bonchev–Trinajstić information content (AvgIpc) is 3.05. The topological polar surface area (TPSA) is 79.9 Å². The van der Waals surface area contributed by atoms with Crippen molar-refractivity contribution in [3.63, 3.8) is 0 Å². The van der Waals surface area contributed by atoms with Gasteiger partial charge in [0.05, 0.1) is 35.9 Å². The van der Waals surface area contributed by atoms with Gasteiger partial charge in [-0.3, -0.25) is 14.9 Å². The molecule has 1 aliphatic heterocycles. The number of aromatic amines is 1. The molecule has 0 saturated carbocycles. The lowest BCUT2D eigenvalue weighted by atomic mass is 9.93. The number of pyridine rings is 1. The molecule has 3 heterocycles. The first-order valence-electron chi connectivity index (χ1n) is 7.78. The fourth-order valence-corrected chi connectivity index (χ4v) is 2.96. The van der Waals surface area contributed by atoms with Crippen LogP contribution in [-0.4, -0.2) is 34.3 Å². The minimum atomic E-state index is -0.835. The number of hydrogen-bond acceptors (Lipinski definition) is 4. The van der Waals surface area contributed by atoms with E-state index in [-0.39, 0.29) is 11.5 Å². The predicted octanol–water partition coefficient (Wildman–Crippen LogP) is 2.47. The summed E-state index contributed by atoms with van der Waals surface area (Å²) in [5.74, 6) is -1.85. The number of H-pyrrole nitrogens is 1. The molecule has 1 saturated heterocycles.